The Kier molecular flexibility index (Phi) is 5.62. The molecule has 0 aromatic carbocycles. The largest absolute Gasteiger partial charge is 0.300 e. The van der Waals surface area contributed by atoms with Gasteiger partial charge in [-0.3, -0.25) is 20.2 Å². The number of carbonyl (C=O) groups excluding carboxylic acids is 2. The van der Waals surface area contributed by atoms with Crippen LogP contribution >= 0.6 is 46.0 Å². The Balaban J connectivity index is 1.50. The van der Waals surface area contributed by atoms with Gasteiger partial charge in [0.1, 0.15) is 9.88 Å². The van der Waals surface area contributed by atoms with Crippen LogP contribution in [-0.4, -0.2) is 47.5 Å². The fraction of sp³-hybridized carbons (Fsp3) is 0.273. The van der Waals surface area contributed by atoms with Crippen LogP contribution in [0.15, 0.2) is 4.34 Å². The van der Waals surface area contributed by atoms with E-state index in [0.29, 0.717) is 25.2 Å². The lowest BCUT2D eigenvalue weighted by Gasteiger charge is -1.98. The van der Waals surface area contributed by atoms with Gasteiger partial charge in [-0.15, -0.1) is 25.5 Å². The minimum absolute atomic E-state index is 0.152. The predicted octanol–water partition coefficient (Wildman–Crippen LogP) is 1.84. The molecule has 130 valence electrons. The first-order valence-corrected chi connectivity index (χ1v) is 10.1. The zero-order chi connectivity index (χ0) is 17.8. The van der Waals surface area contributed by atoms with Crippen molar-refractivity contribution in [3.8, 4) is 0 Å². The van der Waals surface area contributed by atoms with Crippen molar-refractivity contribution in [1.29, 1.82) is 0 Å². The smallest absolute Gasteiger partial charge is 0.271 e. The summed E-state index contributed by atoms with van der Waals surface area (Å²) in [6.45, 7) is 3.51. The first-order valence-electron chi connectivity index (χ1n) is 6.68. The van der Waals surface area contributed by atoms with Crippen molar-refractivity contribution in [2.75, 3.05) is 16.4 Å². The lowest BCUT2D eigenvalue weighted by Crippen LogP contribution is -2.13. The summed E-state index contributed by atoms with van der Waals surface area (Å²) in [5.41, 5.74) is 0.560. The Morgan fingerprint density at radius 3 is 2.44 bits per heavy atom. The average molecular weight is 415 g/mol. The number of rotatable bonds is 6. The molecule has 3 rings (SSSR count). The van der Waals surface area contributed by atoms with Gasteiger partial charge in [0.2, 0.25) is 16.2 Å². The van der Waals surface area contributed by atoms with Crippen LogP contribution in [-0.2, 0) is 4.79 Å². The number of hydrogen-bond donors (Lipinski definition) is 2. The molecule has 0 aliphatic carbocycles. The number of thioether (sulfide) groups is 1. The number of nitrogens with one attached hydrogen (secondary N) is 2. The van der Waals surface area contributed by atoms with Gasteiger partial charge < -0.3 is 0 Å². The van der Waals surface area contributed by atoms with Gasteiger partial charge in [-0.1, -0.05) is 38.9 Å². The fourth-order valence-corrected chi connectivity index (χ4v) is 4.25. The minimum atomic E-state index is -0.329. The first kappa shape index (κ1) is 17.8. The molecule has 3 heterocycles. The number of anilines is 2. The summed E-state index contributed by atoms with van der Waals surface area (Å²) in [5.74, 6) is -0.392. The molecule has 14 heteroatoms. The van der Waals surface area contributed by atoms with Crippen molar-refractivity contribution in [2.24, 2.45) is 0 Å². The normalized spacial score (nSPS) is 10.6. The number of aryl methyl sites for hydroxylation is 2. The van der Waals surface area contributed by atoms with Crippen molar-refractivity contribution in [3.63, 3.8) is 0 Å². The van der Waals surface area contributed by atoms with E-state index >= 15 is 0 Å². The van der Waals surface area contributed by atoms with Crippen LogP contribution in [0, 0.1) is 13.8 Å². The number of nitrogens with zero attached hydrogens (tertiary/aromatic N) is 6. The summed E-state index contributed by atoms with van der Waals surface area (Å²) in [7, 11) is 0. The van der Waals surface area contributed by atoms with E-state index in [0.717, 1.165) is 16.5 Å². The van der Waals surface area contributed by atoms with E-state index in [2.05, 4.69) is 40.6 Å². The van der Waals surface area contributed by atoms with E-state index in [1.54, 1.807) is 6.92 Å². The van der Waals surface area contributed by atoms with Gasteiger partial charge in [0.05, 0.1) is 11.4 Å². The number of hydrogen-bond acceptors (Lipinski definition) is 12. The van der Waals surface area contributed by atoms with Gasteiger partial charge in [-0.25, -0.2) is 0 Å². The molecule has 0 bridgehead atoms. The molecule has 10 nitrogen and oxygen atoms in total. The number of aromatic nitrogens is 6. The highest BCUT2D eigenvalue weighted by Crippen LogP contribution is 2.26. The SMILES string of the molecule is Cc1nnc(NC(=O)CSc2nnc(NC(=O)c3snnc3C)s2)s1. The molecule has 2 N–H and O–H groups in total. The molecule has 0 saturated heterocycles. The van der Waals surface area contributed by atoms with Crippen LogP contribution in [0.25, 0.3) is 0 Å². The van der Waals surface area contributed by atoms with Crippen LogP contribution in [0.5, 0.6) is 0 Å². The fourth-order valence-electron chi connectivity index (χ4n) is 1.54. The molecular weight excluding hydrogens is 404 g/mol. The molecule has 0 saturated carbocycles. The highest BCUT2D eigenvalue weighted by Gasteiger charge is 2.16. The molecule has 0 radical (unpaired) electrons. The molecule has 0 atom stereocenters. The molecular formula is C11H10N8O2S4. The number of amides is 2. The molecule has 3 aromatic rings. The Labute approximate surface area is 157 Å². The third-order valence-electron chi connectivity index (χ3n) is 2.58. The van der Waals surface area contributed by atoms with E-state index in [-0.39, 0.29) is 17.6 Å². The van der Waals surface area contributed by atoms with Crippen LogP contribution in [0.3, 0.4) is 0 Å². The standard InChI is InChI=1S/C11H10N8O2S4/c1-4-7(25-19-14-4)8(21)13-10-17-18-11(24-10)22-3-6(20)12-9-16-15-5(2)23-9/h3H2,1-2H3,(H,12,16,20)(H,13,17,21). The van der Waals surface area contributed by atoms with Gasteiger partial charge >= 0.3 is 0 Å². The molecule has 0 aliphatic rings. The average Bonchev–Trinajstić information content (AvgIpc) is 3.28. The maximum absolute atomic E-state index is 12.1. The highest BCUT2D eigenvalue weighted by atomic mass is 32.2. The quantitative estimate of drug-likeness (QED) is 0.457. The van der Waals surface area contributed by atoms with E-state index < -0.39 is 0 Å². The van der Waals surface area contributed by atoms with Crippen molar-refractivity contribution in [1.82, 2.24) is 30.0 Å². The summed E-state index contributed by atoms with van der Waals surface area (Å²) < 4.78 is 4.28. The van der Waals surface area contributed by atoms with Crippen LogP contribution in [0.2, 0.25) is 0 Å². The van der Waals surface area contributed by atoms with Gasteiger partial charge in [0, 0.05) is 0 Å². The van der Waals surface area contributed by atoms with Crippen LogP contribution in [0.1, 0.15) is 20.4 Å². The van der Waals surface area contributed by atoms with Crippen LogP contribution in [0.4, 0.5) is 10.3 Å². The van der Waals surface area contributed by atoms with Crippen molar-refractivity contribution >= 4 is 68.0 Å². The van der Waals surface area contributed by atoms with Crippen molar-refractivity contribution < 1.29 is 9.59 Å². The van der Waals surface area contributed by atoms with Crippen molar-refractivity contribution in [3.05, 3.63) is 15.6 Å². The molecule has 0 spiro atoms. The van der Waals surface area contributed by atoms with Crippen molar-refractivity contribution in [2.45, 2.75) is 18.2 Å². The molecule has 0 unspecified atom stereocenters. The summed E-state index contributed by atoms with van der Waals surface area (Å²) in [6, 6.07) is 0. The second-order valence-corrected chi connectivity index (χ2v) is 8.61. The summed E-state index contributed by atoms with van der Waals surface area (Å²) in [5, 5.41) is 26.1. The lowest BCUT2D eigenvalue weighted by molar-refractivity contribution is -0.113. The Bertz CT molecular complexity index is 903. The second-order valence-electron chi connectivity index (χ2n) is 4.48. The first-order chi connectivity index (χ1) is 12.0. The van der Waals surface area contributed by atoms with E-state index in [1.165, 1.54) is 34.4 Å². The highest BCUT2D eigenvalue weighted by molar-refractivity contribution is 8.01. The van der Waals surface area contributed by atoms with E-state index in [1.807, 2.05) is 6.92 Å². The third-order valence-corrected chi connectivity index (χ3v) is 6.14. The van der Waals surface area contributed by atoms with Gasteiger partial charge in [0.25, 0.3) is 5.91 Å². The maximum atomic E-state index is 12.1. The van der Waals surface area contributed by atoms with E-state index in [9.17, 15) is 9.59 Å². The van der Waals surface area contributed by atoms with Gasteiger partial charge in [-0.2, -0.15) is 0 Å². The molecule has 0 fully saturated rings. The minimum Gasteiger partial charge on any atom is -0.300 e. The van der Waals surface area contributed by atoms with Gasteiger partial charge in [0.15, 0.2) is 4.34 Å². The maximum Gasteiger partial charge on any atom is 0.271 e. The second kappa shape index (κ2) is 7.90. The monoisotopic (exact) mass is 414 g/mol. The van der Waals surface area contributed by atoms with Gasteiger partial charge in [-0.05, 0) is 25.4 Å². The number of carbonyl (C=O) groups is 2. The lowest BCUT2D eigenvalue weighted by atomic mass is 10.4. The topological polar surface area (TPSA) is 136 Å². The molecule has 3 aromatic heterocycles. The summed E-state index contributed by atoms with van der Waals surface area (Å²) in [6.07, 6.45) is 0. The molecule has 25 heavy (non-hydrogen) atoms. The molecule has 0 aliphatic heterocycles. The summed E-state index contributed by atoms with van der Waals surface area (Å²) >= 11 is 4.72. The van der Waals surface area contributed by atoms with Crippen LogP contribution < -0.4 is 10.6 Å². The zero-order valence-electron chi connectivity index (χ0n) is 12.8. The Morgan fingerprint density at radius 2 is 1.76 bits per heavy atom. The predicted molar refractivity (Wildman–Crippen MR) is 96.5 cm³/mol. The van der Waals surface area contributed by atoms with E-state index in [4.69, 9.17) is 0 Å². The Morgan fingerprint density at radius 1 is 1.00 bits per heavy atom. The molecule has 2 amide bonds. The third kappa shape index (κ3) is 4.75. The summed E-state index contributed by atoms with van der Waals surface area (Å²) in [4.78, 5) is 24.3. The Hall–Kier alpha value is -2.03. The zero-order valence-corrected chi connectivity index (χ0v) is 16.1.